The number of anilines is 2. The number of rotatable bonds is 4. The van der Waals surface area contributed by atoms with Crippen molar-refractivity contribution in [1.82, 2.24) is 5.06 Å². The molecule has 0 bridgehead atoms. The molecule has 0 aliphatic carbocycles. The number of morpholine rings is 1. The second kappa shape index (κ2) is 9.47. The summed E-state index contributed by atoms with van der Waals surface area (Å²) < 4.78 is 30.1. The van der Waals surface area contributed by atoms with Crippen LogP contribution in [0.1, 0.15) is 20.8 Å². The largest absolute Gasteiger partial charge is 0.534 e. The van der Waals surface area contributed by atoms with Crippen molar-refractivity contribution < 1.29 is 42.9 Å². The first-order valence-electron chi connectivity index (χ1n) is 10.1. The molecule has 0 unspecified atom stereocenters. The maximum atomic E-state index is 14.7. The Labute approximate surface area is 184 Å². The van der Waals surface area contributed by atoms with E-state index >= 15 is 0 Å². The van der Waals surface area contributed by atoms with E-state index in [1.165, 1.54) is 11.0 Å². The number of hydrogen-bond acceptors (Lipinski definition) is 8. The summed E-state index contributed by atoms with van der Waals surface area (Å²) in [6, 6.07) is 4.38. The minimum atomic E-state index is -1.56. The molecule has 2 fully saturated rings. The van der Waals surface area contributed by atoms with Crippen molar-refractivity contribution in [3.63, 3.8) is 0 Å². The maximum Gasteiger partial charge on any atom is 0.534 e. The number of hydroxylamine groups is 2. The molecule has 12 heteroatoms. The average Bonchev–Trinajstić information content (AvgIpc) is 3.06. The van der Waals surface area contributed by atoms with Crippen molar-refractivity contribution in [1.29, 1.82) is 0 Å². The summed E-state index contributed by atoms with van der Waals surface area (Å²) in [6.07, 6.45) is -4.48. The topological polar surface area (TPSA) is 118 Å². The van der Waals surface area contributed by atoms with Gasteiger partial charge in [0.15, 0.2) is 0 Å². The zero-order valence-corrected chi connectivity index (χ0v) is 18.1. The quantitative estimate of drug-likeness (QED) is 0.540. The van der Waals surface area contributed by atoms with Gasteiger partial charge in [0, 0.05) is 13.1 Å². The van der Waals surface area contributed by atoms with Crippen LogP contribution >= 0.6 is 0 Å². The third-order valence-electron chi connectivity index (χ3n) is 4.63. The molecule has 0 saturated carbocycles. The Balaban J connectivity index is 1.64. The molecule has 2 aliphatic rings. The summed E-state index contributed by atoms with van der Waals surface area (Å²) in [7, 11) is 0. The summed E-state index contributed by atoms with van der Waals surface area (Å²) in [5.41, 5.74) is -0.207. The number of carbonyl (C=O) groups is 3. The second-order valence-corrected chi connectivity index (χ2v) is 8.25. The summed E-state index contributed by atoms with van der Waals surface area (Å²) in [5.74, 6) is -0.499. The normalized spacial score (nSPS) is 18.9. The first-order chi connectivity index (χ1) is 15.0. The maximum absolute atomic E-state index is 14.7. The Hall–Kier alpha value is -3.28. The van der Waals surface area contributed by atoms with Crippen molar-refractivity contribution in [3.8, 4) is 0 Å². The van der Waals surface area contributed by atoms with Crippen LogP contribution in [0.15, 0.2) is 18.2 Å². The van der Waals surface area contributed by atoms with Gasteiger partial charge in [-0.1, -0.05) is 0 Å². The molecule has 2 heterocycles. The van der Waals surface area contributed by atoms with E-state index in [9.17, 15) is 23.9 Å². The summed E-state index contributed by atoms with van der Waals surface area (Å²) in [4.78, 5) is 43.3. The highest BCUT2D eigenvalue weighted by Crippen LogP contribution is 2.28. The molecule has 1 aromatic carbocycles. The zero-order valence-electron chi connectivity index (χ0n) is 18.1. The fourth-order valence-electron chi connectivity index (χ4n) is 3.25. The lowest BCUT2D eigenvalue weighted by molar-refractivity contribution is -0.131. The lowest BCUT2D eigenvalue weighted by Gasteiger charge is -2.29. The van der Waals surface area contributed by atoms with E-state index in [-0.39, 0.29) is 12.2 Å². The monoisotopic (exact) mass is 455 g/mol. The van der Waals surface area contributed by atoms with Gasteiger partial charge in [0.05, 0.1) is 31.1 Å². The molecule has 32 heavy (non-hydrogen) atoms. The highest BCUT2D eigenvalue weighted by Gasteiger charge is 2.36. The number of carbonyl (C=O) groups excluding carboxylic acids is 2. The zero-order chi connectivity index (χ0) is 23.5. The highest BCUT2D eigenvalue weighted by molar-refractivity contribution is 5.90. The number of cyclic esters (lactones) is 1. The molecule has 0 aromatic heterocycles. The molecular weight excluding hydrogens is 429 g/mol. The van der Waals surface area contributed by atoms with Gasteiger partial charge in [-0.2, -0.15) is 0 Å². The number of halogens is 1. The van der Waals surface area contributed by atoms with Gasteiger partial charge in [-0.05, 0) is 39.0 Å². The van der Waals surface area contributed by atoms with E-state index in [2.05, 4.69) is 0 Å². The summed E-state index contributed by atoms with van der Waals surface area (Å²) >= 11 is 0. The smallest absolute Gasteiger partial charge is 0.463 e. The average molecular weight is 455 g/mol. The number of ether oxygens (including phenoxy) is 3. The van der Waals surface area contributed by atoms with Crippen LogP contribution in [0.5, 0.6) is 0 Å². The van der Waals surface area contributed by atoms with Crippen LogP contribution in [0.3, 0.4) is 0 Å². The standard InChI is InChI=1S/C20H26FN3O8/c1-20(2,3)31-19(28)32-24(17(25)26)12-14-11-23(18(27)30-14)13-4-5-16(15(21)10-13)22-6-8-29-9-7-22/h4-5,10,14H,6-9,11-12H2,1-3H3,(H,25,26)/t14-/m1/s1. The number of hydrogen-bond donors (Lipinski definition) is 1. The molecule has 0 radical (unpaired) electrons. The summed E-state index contributed by atoms with van der Waals surface area (Å²) in [5, 5.41) is 9.63. The van der Waals surface area contributed by atoms with Crippen molar-refractivity contribution in [3.05, 3.63) is 24.0 Å². The van der Waals surface area contributed by atoms with Gasteiger partial charge < -0.3 is 29.1 Å². The molecule has 1 N–H and O–H groups in total. The van der Waals surface area contributed by atoms with Crippen LogP contribution in [0, 0.1) is 5.82 Å². The third kappa shape index (κ3) is 5.90. The molecule has 0 spiro atoms. The number of amides is 2. The minimum Gasteiger partial charge on any atom is -0.463 e. The van der Waals surface area contributed by atoms with Crippen LogP contribution in [0.25, 0.3) is 0 Å². The van der Waals surface area contributed by atoms with Crippen LogP contribution in [-0.4, -0.2) is 79.6 Å². The van der Waals surface area contributed by atoms with E-state index in [1.807, 2.05) is 4.90 Å². The van der Waals surface area contributed by atoms with Crippen molar-refractivity contribution >= 4 is 29.7 Å². The fraction of sp³-hybridized carbons (Fsp3) is 0.550. The Morgan fingerprint density at radius 2 is 1.97 bits per heavy atom. The van der Waals surface area contributed by atoms with E-state index in [0.29, 0.717) is 37.1 Å². The molecule has 176 valence electrons. The lowest BCUT2D eigenvalue weighted by Crippen LogP contribution is -2.41. The first-order valence-corrected chi connectivity index (χ1v) is 10.1. The Kier molecular flexibility index (Phi) is 6.92. The molecule has 1 aromatic rings. The molecule has 2 aliphatic heterocycles. The van der Waals surface area contributed by atoms with Crippen LogP contribution in [-0.2, 0) is 19.0 Å². The van der Waals surface area contributed by atoms with Gasteiger partial charge >= 0.3 is 18.3 Å². The molecule has 2 amide bonds. The fourth-order valence-corrected chi connectivity index (χ4v) is 3.25. The first kappa shape index (κ1) is 23.4. The van der Waals surface area contributed by atoms with E-state index < -0.39 is 42.4 Å². The van der Waals surface area contributed by atoms with E-state index in [0.717, 1.165) is 0 Å². The van der Waals surface area contributed by atoms with Gasteiger partial charge in [-0.25, -0.2) is 18.8 Å². The minimum absolute atomic E-state index is 0.0589. The molecule has 2 saturated heterocycles. The Morgan fingerprint density at radius 3 is 2.56 bits per heavy atom. The number of benzene rings is 1. The van der Waals surface area contributed by atoms with E-state index in [1.54, 1.807) is 32.9 Å². The lowest BCUT2D eigenvalue weighted by atomic mass is 10.2. The number of nitrogens with zero attached hydrogens (tertiary/aromatic N) is 3. The SMILES string of the molecule is CC(C)(C)OC(=O)ON(C[C@H]1CN(c2ccc(N3CCOCC3)c(F)c2)C(=O)O1)C(=O)O. The van der Waals surface area contributed by atoms with Gasteiger partial charge in [0.1, 0.15) is 24.1 Å². The van der Waals surface area contributed by atoms with Crippen molar-refractivity contribution in [2.75, 3.05) is 49.2 Å². The van der Waals surface area contributed by atoms with Crippen LogP contribution in [0.4, 0.5) is 30.1 Å². The molecular formula is C20H26FN3O8. The second-order valence-electron chi connectivity index (χ2n) is 8.25. The Morgan fingerprint density at radius 1 is 1.28 bits per heavy atom. The number of carboxylic acid groups (broad SMARTS) is 1. The van der Waals surface area contributed by atoms with Crippen LogP contribution in [0.2, 0.25) is 0 Å². The third-order valence-corrected chi connectivity index (χ3v) is 4.63. The van der Waals surface area contributed by atoms with E-state index in [4.69, 9.17) is 19.0 Å². The van der Waals surface area contributed by atoms with Gasteiger partial charge in [-0.15, -0.1) is 5.06 Å². The van der Waals surface area contributed by atoms with Gasteiger partial charge in [0.2, 0.25) is 0 Å². The predicted molar refractivity (Wildman–Crippen MR) is 109 cm³/mol. The molecule has 1 atom stereocenters. The van der Waals surface area contributed by atoms with Crippen molar-refractivity contribution in [2.45, 2.75) is 32.5 Å². The molecule has 3 rings (SSSR count). The van der Waals surface area contributed by atoms with Crippen molar-refractivity contribution in [2.24, 2.45) is 0 Å². The van der Waals surface area contributed by atoms with Crippen LogP contribution < -0.4 is 9.80 Å². The molecule has 11 nitrogen and oxygen atoms in total. The summed E-state index contributed by atoms with van der Waals surface area (Å²) in [6.45, 7) is 6.43. The predicted octanol–water partition coefficient (Wildman–Crippen LogP) is 2.83. The van der Waals surface area contributed by atoms with Gasteiger partial charge in [0.25, 0.3) is 0 Å². The van der Waals surface area contributed by atoms with Gasteiger partial charge in [-0.3, -0.25) is 4.90 Å². The highest BCUT2D eigenvalue weighted by atomic mass is 19.1. The Bertz CT molecular complexity index is 869.